The Bertz CT molecular complexity index is 340. The van der Waals surface area contributed by atoms with Gasteiger partial charge in [0.05, 0.1) is 6.54 Å². The third-order valence-corrected chi connectivity index (χ3v) is 3.25. The highest BCUT2D eigenvalue weighted by Crippen LogP contribution is 2.39. The first-order chi connectivity index (χ1) is 6.88. The normalized spacial score (nSPS) is 22.4. The van der Waals surface area contributed by atoms with Crippen molar-refractivity contribution in [2.45, 2.75) is 38.8 Å². The molecule has 1 aromatic heterocycles. The van der Waals surface area contributed by atoms with E-state index >= 15 is 0 Å². The van der Waals surface area contributed by atoms with Gasteiger partial charge in [-0.05, 0) is 19.4 Å². The largest absolute Gasteiger partial charge is 0.312 e. The van der Waals surface area contributed by atoms with Crippen LogP contribution in [-0.2, 0) is 13.1 Å². The maximum absolute atomic E-state index is 4.31. The second-order valence-corrected chi connectivity index (χ2v) is 4.27. The Hall–Kier alpha value is -0.900. The fourth-order valence-electron chi connectivity index (χ4n) is 2.14. The lowest BCUT2D eigenvalue weighted by molar-refractivity contribution is 0.226. The molecule has 1 aliphatic carbocycles. The lowest BCUT2D eigenvalue weighted by atomic mass is 10.3. The number of hydrogen-bond donors (Lipinski definition) is 0. The van der Waals surface area contributed by atoms with Gasteiger partial charge in [0.25, 0.3) is 0 Å². The Balaban J connectivity index is 1.88. The Morgan fingerprint density at radius 2 is 2.14 bits per heavy atom. The number of fused-ring (bicyclic) bond motifs is 1. The van der Waals surface area contributed by atoms with E-state index in [0.717, 1.165) is 32.1 Å². The van der Waals surface area contributed by atoms with Crippen LogP contribution >= 0.6 is 0 Å². The molecular formula is C10H16N4. The van der Waals surface area contributed by atoms with Crippen molar-refractivity contribution >= 4 is 0 Å². The Morgan fingerprint density at radius 1 is 1.29 bits per heavy atom. The molecule has 0 amide bonds. The first-order valence-electron chi connectivity index (χ1n) is 5.53. The average molecular weight is 192 g/mol. The number of hydrogen-bond acceptors (Lipinski definition) is 3. The molecule has 14 heavy (non-hydrogen) atoms. The molecule has 2 aliphatic rings. The Morgan fingerprint density at radius 3 is 2.86 bits per heavy atom. The second-order valence-electron chi connectivity index (χ2n) is 4.27. The molecule has 1 aliphatic heterocycles. The lowest BCUT2D eigenvalue weighted by Crippen LogP contribution is -2.34. The number of aromatic nitrogens is 3. The zero-order valence-electron chi connectivity index (χ0n) is 8.61. The van der Waals surface area contributed by atoms with Crippen LogP contribution in [0.15, 0.2) is 0 Å². The summed E-state index contributed by atoms with van der Waals surface area (Å²) in [6, 6.07) is 0. The van der Waals surface area contributed by atoms with Gasteiger partial charge in [-0.25, -0.2) is 0 Å². The Labute approximate surface area is 83.9 Å². The molecule has 0 N–H and O–H groups in total. The molecule has 0 aromatic carbocycles. The standard InChI is InChI=1S/C10H16N4/c1-2-13-5-6-14-9(7-13)11-12-10(14)8-3-4-8/h8H,2-7H2,1H3. The SMILES string of the molecule is CCN1CCn2c(nnc2C2CC2)C1. The predicted octanol–water partition coefficient (Wildman–Crippen LogP) is 0.991. The van der Waals surface area contributed by atoms with Gasteiger partial charge in [-0.3, -0.25) is 4.90 Å². The number of likely N-dealkylation sites (N-methyl/N-ethyl adjacent to an activating group) is 1. The van der Waals surface area contributed by atoms with Crippen LogP contribution in [0.4, 0.5) is 0 Å². The highest BCUT2D eigenvalue weighted by molar-refractivity contribution is 5.09. The van der Waals surface area contributed by atoms with E-state index in [4.69, 9.17) is 0 Å². The van der Waals surface area contributed by atoms with Gasteiger partial charge >= 0.3 is 0 Å². The molecule has 4 heteroatoms. The highest BCUT2D eigenvalue weighted by Gasteiger charge is 2.31. The molecule has 0 saturated heterocycles. The summed E-state index contributed by atoms with van der Waals surface area (Å²) in [5.74, 6) is 3.14. The zero-order valence-corrected chi connectivity index (χ0v) is 8.61. The van der Waals surface area contributed by atoms with Gasteiger partial charge in [-0.1, -0.05) is 6.92 Å². The maximum atomic E-state index is 4.31. The summed E-state index contributed by atoms with van der Waals surface area (Å²) < 4.78 is 2.34. The fourth-order valence-corrected chi connectivity index (χ4v) is 2.14. The molecule has 4 nitrogen and oxygen atoms in total. The maximum Gasteiger partial charge on any atom is 0.147 e. The minimum absolute atomic E-state index is 0.726. The second kappa shape index (κ2) is 3.05. The molecule has 0 bridgehead atoms. The first kappa shape index (κ1) is 8.41. The zero-order chi connectivity index (χ0) is 9.54. The summed E-state index contributed by atoms with van der Waals surface area (Å²) >= 11 is 0. The van der Waals surface area contributed by atoms with Crippen LogP contribution in [0.2, 0.25) is 0 Å². The quantitative estimate of drug-likeness (QED) is 0.700. The topological polar surface area (TPSA) is 34.0 Å². The highest BCUT2D eigenvalue weighted by atomic mass is 15.3. The molecule has 0 radical (unpaired) electrons. The Kier molecular flexibility index (Phi) is 1.83. The van der Waals surface area contributed by atoms with Crippen molar-refractivity contribution in [2.75, 3.05) is 13.1 Å². The summed E-state index contributed by atoms with van der Waals surface area (Å²) in [5, 5.41) is 8.60. The van der Waals surface area contributed by atoms with E-state index in [1.165, 1.54) is 24.5 Å². The molecule has 1 saturated carbocycles. The third-order valence-electron chi connectivity index (χ3n) is 3.25. The fraction of sp³-hybridized carbons (Fsp3) is 0.800. The van der Waals surface area contributed by atoms with E-state index in [9.17, 15) is 0 Å². The van der Waals surface area contributed by atoms with Gasteiger partial charge in [0.15, 0.2) is 0 Å². The van der Waals surface area contributed by atoms with Crippen molar-refractivity contribution in [3.05, 3.63) is 11.6 Å². The van der Waals surface area contributed by atoms with Crippen LogP contribution in [0.3, 0.4) is 0 Å². The minimum Gasteiger partial charge on any atom is -0.312 e. The van der Waals surface area contributed by atoms with Crippen molar-refractivity contribution in [3.8, 4) is 0 Å². The van der Waals surface area contributed by atoms with E-state index in [2.05, 4.69) is 26.6 Å². The third kappa shape index (κ3) is 1.25. The molecule has 0 spiro atoms. The van der Waals surface area contributed by atoms with Crippen LogP contribution in [0.25, 0.3) is 0 Å². The first-order valence-corrected chi connectivity index (χ1v) is 5.53. The van der Waals surface area contributed by atoms with Crippen molar-refractivity contribution in [1.82, 2.24) is 19.7 Å². The van der Waals surface area contributed by atoms with Gasteiger partial charge in [-0.2, -0.15) is 0 Å². The van der Waals surface area contributed by atoms with Gasteiger partial charge in [-0.15, -0.1) is 10.2 Å². The van der Waals surface area contributed by atoms with Crippen LogP contribution < -0.4 is 0 Å². The van der Waals surface area contributed by atoms with E-state index in [-0.39, 0.29) is 0 Å². The summed E-state index contributed by atoms with van der Waals surface area (Å²) in [6.45, 7) is 6.54. The average Bonchev–Trinajstić information content (AvgIpc) is 2.98. The summed E-state index contributed by atoms with van der Waals surface area (Å²) in [5.41, 5.74) is 0. The number of rotatable bonds is 2. The molecule has 0 unspecified atom stereocenters. The van der Waals surface area contributed by atoms with Crippen molar-refractivity contribution in [2.24, 2.45) is 0 Å². The van der Waals surface area contributed by atoms with Crippen LogP contribution in [0, 0.1) is 0 Å². The summed E-state index contributed by atoms with van der Waals surface area (Å²) in [7, 11) is 0. The summed E-state index contributed by atoms with van der Waals surface area (Å²) in [4.78, 5) is 2.42. The van der Waals surface area contributed by atoms with Gasteiger partial charge in [0, 0.05) is 19.0 Å². The van der Waals surface area contributed by atoms with Gasteiger partial charge in [0.1, 0.15) is 11.6 Å². The molecular weight excluding hydrogens is 176 g/mol. The minimum atomic E-state index is 0.726. The molecule has 76 valence electrons. The summed E-state index contributed by atoms with van der Waals surface area (Å²) in [6.07, 6.45) is 2.63. The smallest absolute Gasteiger partial charge is 0.147 e. The lowest BCUT2D eigenvalue weighted by Gasteiger charge is -2.26. The van der Waals surface area contributed by atoms with Crippen molar-refractivity contribution < 1.29 is 0 Å². The van der Waals surface area contributed by atoms with Crippen LogP contribution in [-0.4, -0.2) is 32.8 Å². The predicted molar refractivity (Wildman–Crippen MR) is 52.9 cm³/mol. The van der Waals surface area contributed by atoms with E-state index in [0.29, 0.717) is 0 Å². The van der Waals surface area contributed by atoms with Gasteiger partial charge < -0.3 is 4.57 Å². The van der Waals surface area contributed by atoms with Crippen LogP contribution in [0.1, 0.15) is 37.3 Å². The van der Waals surface area contributed by atoms with E-state index < -0.39 is 0 Å². The van der Waals surface area contributed by atoms with Crippen LogP contribution in [0.5, 0.6) is 0 Å². The van der Waals surface area contributed by atoms with Gasteiger partial charge in [0.2, 0.25) is 0 Å². The van der Waals surface area contributed by atoms with Crippen molar-refractivity contribution in [1.29, 1.82) is 0 Å². The van der Waals surface area contributed by atoms with E-state index in [1.807, 2.05) is 0 Å². The molecule has 3 rings (SSSR count). The number of nitrogens with zero attached hydrogens (tertiary/aromatic N) is 4. The molecule has 1 aromatic rings. The van der Waals surface area contributed by atoms with E-state index in [1.54, 1.807) is 0 Å². The molecule has 0 atom stereocenters. The molecule has 2 heterocycles. The molecule has 1 fully saturated rings. The van der Waals surface area contributed by atoms with Crippen molar-refractivity contribution in [3.63, 3.8) is 0 Å². The monoisotopic (exact) mass is 192 g/mol.